The fourth-order valence-corrected chi connectivity index (χ4v) is 4.10. The summed E-state index contributed by atoms with van der Waals surface area (Å²) < 4.78 is 16.0. The average Bonchev–Trinajstić information content (AvgIpc) is 3.25. The maximum absolute atomic E-state index is 13.4. The predicted octanol–water partition coefficient (Wildman–Crippen LogP) is 4.66. The smallest absolute Gasteiger partial charge is 0.292 e. The summed E-state index contributed by atoms with van der Waals surface area (Å²) in [7, 11) is 0. The number of fused-ring (bicyclic) bond motifs is 3. The van der Waals surface area contributed by atoms with Gasteiger partial charge >= 0.3 is 5.69 Å². The number of aryl methyl sites for hydroxylation is 3. The summed E-state index contributed by atoms with van der Waals surface area (Å²) in [6.45, 7) is 5.75. The summed E-state index contributed by atoms with van der Waals surface area (Å²) in [5, 5.41) is 5.08. The number of carbonyl (C=O) groups is 1. The van der Waals surface area contributed by atoms with Crippen LogP contribution in [0.3, 0.4) is 0 Å². The highest BCUT2D eigenvalue weighted by molar-refractivity contribution is 5.99. The molecule has 0 aliphatic rings. The maximum atomic E-state index is 13.4. The van der Waals surface area contributed by atoms with E-state index < -0.39 is 5.69 Å². The molecule has 0 unspecified atom stereocenters. The van der Waals surface area contributed by atoms with Gasteiger partial charge in [-0.05, 0) is 79.9 Å². The Morgan fingerprint density at radius 3 is 2.39 bits per heavy atom. The molecule has 3 aromatic carbocycles. The number of para-hydroxylation sites is 1. The molecular weight excluding hydrogens is 419 g/mol. The summed E-state index contributed by atoms with van der Waals surface area (Å²) >= 11 is 0. The van der Waals surface area contributed by atoms with Crippen LogP contribution in [-0.2, 0) is 6.54 Å². The van der Waals surface area contributed by atoms with E-state index in [-0.39, 0.29) is 18.1 Å². The van der Waals surface area contributed by atoms with Crippen LogP contribution in [0.25, 0.3) is 27.9 Å². The van der Waals surface area contributed by atoms with E-state index in [9.17, 15) is 14.0 Å². The molecule has 5 rings (SSSR count). The van der Waals surface area contributed by atoms with E-state index in [0.717, 1.165) is 16.7 Å². The SMILES string of the molecule is Cc1cc(C)c(C(=O)Cn2c(=O)n3nc(-c4ccc(F)cc4)nc3c3ccccc32)cc1C. The maximum Gasteiger partial charge on any atom is 0.351 e. The quantitative estimate of drug-likeness (QED) is 0.381. The van der Waals surface area contributed by atoms with Crippen molar-refractivity contribution >= 4 is 22.3 Å². The van der Waals surface area contributed by atoms with Crippen molar-refractivity contribution < 1.29 is 9.18 Å². The lowest BCUT2D eigenvalue weighted by atomic mass is 9.98. The van der Waals surface area contributed by atoms with Gasteiger partial charge in [0, 0.05) is 16.5 Å². The van der Waals surface area contributed by atoms with E-state index in [1.165, 1.54) is 21.2 Å². The van der Waals surface area contributed by atoms with Crippen molar-refractivity contribution in [1.29, 1.82) is 0 Å². The highest BCUT2D eigenvalue weighted by Crippen LogP contribution is 2.22. The Kier molecular flexibility index (Phi) is 4.89. The van der Waals surface area contributed by atoms with Crippen molar-refractivity contribution in [3.05, 3.63) is 99.2 Å². The molecule has 0 N–H and O–H groups in total. The number of rotatable bonds is 4. The van der Waals surface area contributed by atoms with Gasteiger partial charge in [-0.1, -0.05) is 18.2 Å². The van der Waals surface area contributed by atoms with Crippen LogP contribution < -0.4 is 5.69 Å². The number of ketones is 1. The van der Waals surface area contributed by atoms with Crippen LogP contribution >= 0.6 is 0 Å². The molecule has 0 saturated carbocycles. The Balaban J connectivity index is 1.68. The number of carbonyl (C=O) groups excluding carboxylic acids is 1. The molecular formula is C26H21FN4O2. The predicted molar refractivity (Wildman–Crippen MR) is 125 cm³/mol. The van der Waals surface area contributed by atoms with Gasteiger partial charge in [-0.2, -0.15) is 4.52 Å². The van der Waals surface area contributed by atoms with Crippen LogP contribution in [0.1, 0.15) is 27.0 Å². The third-order valence-corrected chi connectivity index (χ3v) is 6.00. The topological polar surface area (TPSA) is 69.3 Å². The van der Waals surface area contributed by atoms with Gasteiger partial charge in [0.05, 0.1) is 12.1 Å². The number of Topliss-reactive ketones (excluding diaryl/α,β-unsaturated/α-hetero) is 1. The van der Waals surface area contributed by atoms with Crippen LogP contribution in [-0.4, -0.2) is 24.9 Å². The summed E-state index contributed by atoms with van der Waals surface area (Å²) in [4.78, 5) is 31.2. The van der Waals surface area contributed by atoms with Crippen molar-refractivity contribution in [3.63, 3.8) is 0 Å². The molecule has 2 aromatic heterocycles. The molecule has 33 heavy (non-hydrogen) atoms. The minimum Gasteiger partial charge on any atom is -0.292 e. The van der Waals surface area contributed by atoms with Crippen LogP contribution in [0.2, 0.25) is 0 Å². The largest absolute Gasteiger partial charge is 0.351 e. The monoisotopic (exact) mass is 440 g/mol. The highest BCUT2D eigenvalue weighted by Gasteiger charge is 2.19. The minimum absolute atomic E-state index is 0.121. The van der Waals surface area contributed by atoms with E-state index >= 15 is 0 Å². The van der Waals surface area contributed by atoms with Crippen molar-refractivity contribution in [2.24, 2.45) is 0 Å². The third kappa shape index (κ3) is 3.51. The summed E-state index contributed by atoms with van der Waals surface area (Å²) in [6.07, 6.45) is 0. The van der Waals surface area contributed by atoms with Crippen LogP contribution in [0, 0.1) is 26.6 Å². The molecule has 5 aromatic rings. The molecule has 0 spiro atoms. The Morgan fingerprint density at radius 1 is 0.939 bits per heavy atom. The molecule has 0 aliphatic carbocycles. The van der Waals surface area contributed by atoms with Gasteiger partial charge in [0.1, 0.15) is 5.82 Å². The average molecular weight is 440 g/mol. The Hall–Kier alpha value is -4.13. The molecule has 0 amide bonds. The Bertz CT molecular complexity index is 1610. The van der Waals surface area contributed by atoms with Gasteiger partial charge in [0.15, 0.2) is 17.3 Å². The summed E-state index contributed by atoms with van der Waals surface area (Å²) in [5.41, 5.74) is 4.74. The van der Waals surface area contributed by atoms with Gasteiger partial charge < -0.3 is 0 Å². The first-order valence-electron chi connectivity index (χ1n) is 10.6. The standard InChI is InChI=1S/C26H21FN4O2/c1-15-12-17(3)21(13-16(15)2)23(32)14-30-22-7-5-4-6-20(22)25-28-24(29-31(25)26(30)33)18-8-10-19(27)11-9-18/h4-13H,14H2,1-3H3. The molecule has 6 nitrogen and oxygen atoms in total. The minimum atomic E-state index is -0.459. The molecule has 7 heteroatoms. The number of hydrogen-bond acceptors (Lipinski definition) is 4. The second-order valence-corrected chi connectivity index (χ2v) is 8.24. The third-order valence-electron chi connectivity index (χ3n) is 6.00. The van der Waals surface area contributed by atoms with E-state index in [0.29, 0.717) is 33.5 Å². The van der Waals surface area contributed by atoms with Crippen molar-refractivity contribution in [2.75, 3.05) is 0 Å². The van der Waals surface area contributed by atoms with E-state index in [4.69, 9.17) is 0 Å². The lowest BCUT2D eigenvalue weighted by molar-refractivity contribution is 0.0971. The first-order valence-corrected chi connectivity index (χ1v) is 10.6. The summed E-state index contributed by atoms with van der Waals surface area (Å²) in [6, 6.07) is 16.9. The second-order valence-electron chi connectivity index (χ2n) is 8.24. The molecule has 0 saturated heterocycles. The van der Waals surface area contributed by atoms with Crippen LogP contribution in [0.15, 0.2) is 65.5 Å². The normalized spacial score (nSPS) is 11.4. The van der Waals surface area contributed by atoms with E-state index in [1.54, 1.807) is 18.2 Å². The zero-order chi connectivity index (χ0) is 23.3. The molecule has 2 heterocycles. The highest BCUT2D eigenvalue weighted by atomic mass is 19.1. The van der Waals surface area contributed by atoms with Crippen LogP contribution in [0.5, 0.6) is 0 Å². The number of halogens is 1. The fourth-order valence-electron chi connectivity index (χ4n) is 4.10. The van der Waals surface area contributed by atoms with Crippen molar-refractivity contribution in [2.45, 2.75) is 27.3 Å². The fraction of sp³-hybridized carbons (Fsp3) is 0.154. The number of nitrogens with zero attached hydrogens (tertiary/aromatic N) is 4. The van der Waals surface area contributed by atoms with Gasteiger partial charge in [0.25, 0.3) is 0 Å². The number of hydrogen-bond donors (Lipinski definition) is 0. The number of aromatic nitrogens is 4. The Morgan fingerprint density at radius 2 is 1.64 bits per heavy atom. The lowest BCUT2D eigenvalue weighted by Gasteiger charge is -2.13. The zero-order valence-electron chi connectivity index (χ0n) is 18.5. The number of benzene rings is 3. The molecule has 0 bridgehead atoms. The summed E-state index contributed by atoms with van der Waals surface area (Å²) in [5.74, 6) is -0.206. The zero-order valence-corrected chi connectivity index (χ0v) is 18.5. The lowest BCUT2D eigenvalue weighted by Crippen LogP contribution is -2.30. The van der Waals surface area contributed by atoms with Crippen LogP contribution in [0.4, 0.5) is 4.39 Å². The van der Waals surface area contributed by atoms with Gasteiger partial charge in [-0.25, -0.2) is 14.2 Å². The van der Waals surface area contributed by atoms with Crippen molar-refractivity contribution in [3.8, 4) is 11.4 Å². The molecule has 164 valence electrons. The first-order chi connectivity index (χ1) is 15.8. The van der Waals surface area contributed by atoms with E-state index in [1.807, 2.05) is 51.1 Å². The molecule has 0 aliphatic heterocycles. The Labute approximate surface area is 188 Å². The van der Waals surface area contributed by atoms with Gasteiger partial charge in [0.2, 0.25) is 0 Å². The first kappa shape index (κ1) is 20.8. The second kappa shape index (κ2) is 7.78. The van der Waals surface area contributed by atoms with Crippen molar-refractivity contribution in [1.82, 2.24) is 19.2 Å². The van der Waals surface area contributed by atoms with Gasteiger partial charge in [-0.15, -0.1) is 5.10 Å². The molecule has 0 atom stereocenters. The van der Waals surface area contributed by atoms with Gasteiger partial charge in [-0.3, -0.25) is 9.36 Å². The molecule has 0 radical (unpaired) electrons. The molecule has 0 fully saturated rings. The van der Waals surface area contributed by atoms with E-state index in [2.05, 4.69) is 10.1 Å².